The van der Waals surface area contributed by atoms with E-state index < -0.39 is 0 Å². The van der Waals surface area contributed by atoms with E-state index in [0.29, 0.717) is 13.2 Å². The van der Waals surface area contributed by atoms with Crippen LogP contribution in [0.25, 0.3) is 0 Å². The number of aromatic nitrogens is 1. The molecule has 0 saturated carbocycles. The Labute approximate surface area is 125 Å². The normalized spacial score (nSPS) is 12.0. The Morgan fingerprint density at radius 3 is 2.62 bits per heavy atom. The van der Waals surface area contributed by atoms with E-state index in [9.17, 15) is 0 Å². The molecule has 1 aromatic heterocycles. The quantitative estimate of drug-likeness (QED) is 0.848. The largest absolute Gasteiger partial charge is 0.494 e. The lowest BCUT2D eigenvalue weighted by Gasteiger charge is -2.15. The van der Waals surface area contributed by atoms with E-state index in [2.05, 4.69) is 11.9 Å². The zero-order chi connectivity index (χ0) is 15.1. The van der Waals surface area contributed by atoms with Crippen molar-refractivity contribution in [1.82, 2.24) is 4.98 Å². The van der Waals surface area contributed by atoms with Crippen molar-refractivity contribution in [3.8, 4) is 11.5 Å². The summed E-state index contributed by atoms with van der Waals surface area (Å²) in [7, 11) is 0. The average molecular weight is 286 g/mol. The molecule has 1 atom stereocenters. The molecule has 0 aliphatic heterocycles. The summed E-state index contributed by atoms with van der Waals surface area (Å²) in [5.74, 6) is 1.59. The maximum Gasteiger partial charge on any atom is 0.137 e. The molecule has 21 heavy (non-hydrogen) atoms. The highest BCUT2D eigenvalue weighted by Gasteiger charge is 2.11. The molecule has 2 aromatic rings. The Balaban J connectivity index is 2.18. The Bertz CT molecular complexity index is 572. The summed E-state index contributed by atoms with van der Waals surface area (Å²) in [6, 6.07) is 9.56. The predicted octanol–water partition coefficient (Wildman–Crippen LogP) is 3.32. The molecule has 4 nitrogen and oxygen atoms in total. The second-order valence-electron chi connectivity index (χ2n) is 4.79. The molecule has 0 amide bonds. The van der Waals surface area contributed by atoms with E-state index in [-0.39, 0.29) is 6.04 Å². The smallest absolute Gasteiger partial charge is 0.137 e. The second-order valence-corrected chi connectivity index (χ2v) is 4.79. The average Bonchev–Trinajstić information content (AvgIpc) is 2.53. The molecule has 2 rings (SSSR count). The molecular weight excluding hydrogens is 264 g/mol. The predicted molar refractivity (Wildman–Crippen MR) is 83.7 cm³/mol. The van der Waals surface area contributed by atoms with Crippen LogP contribution in [0.5, 0.6) is 11.5 Å². The van der Waals surface area contributed by atoms with Crippen molar-refractivity contribution in [3.05, 3.63) is 53.9 Å². The van der Waals surface area contributed by atoms with Crippen LogP contribution in [0.1, 0.15) is 37.4 Å². The Morgan fingerprint density at radius 2 is 1.86 bits per heavy atom. The van der Waals surface area contributed by atoms with Gasteiger partial charge in [0.1, 0.15) is 11.5 Å². The summed E-state index contributed by atoms with van der Waals surface area (Å²) in [5, 5.41) is 0. The first-order valence-corrected chi connectivity index (χ1v) is 7.30. The standard InChI is InChI=1S/C17H22N2O2/c1-3-8-21-15-7-5-6-13(9-15)17(18)14-10-16(20-4-2)12-19-11-14/h5-7,9-12,17H,3-4,8,18H2,1-2H3. The Morgan fingerprint density at radius 1 is 1.05 bits per heavy atom. The summed E-state index contributed by atoms with van der Waals surface area (Å²) in [5.41, 5.74) is 8.25. The van der Waals surface area contributed by atoms with Gasteiger partial charge in [-0.3, -0.25) is 4.98 Å². The molecule has 0 radical (unpaired) electrons. The van der Waals surface area contributed by atoms with E-state index in [4.69, 9.17) is 15.2 Å². The van der Waals surface area contributed by atoms with Crippen molar-refractivity contribution >= 4 is 0 Å². The summed E-state index contributed by atoms with van der Waals surface area (Å²) in [6.45, 7) is 5.35. The molecule has 1 unspecified atom stereocenters. The number of ether oxygens (including phenoxy) is 2. The van der Waals surface area contributed by atoms with Crippen molar-refractivity contribution in [1.29, 1.82) is 0 Å². The zero-order valence-electron chi connectivity index (χ0n) is 12.6. The lowest BCUT2D eigenvalue weighted by molar-refractivity contribution is 0.317. The molecule has 1 aromatic carbocycles. The van der Waals surface area contributed by atoms with Crippen molar-refractivity contribution in [2.24, 2.45) is 5.73 Å². The van der Waals surface area contributed by atoms with Gasteiger partial charge in [-0.05, 0) is 42.7 Å². The van der Waals surface area contributed by atoms with E-state index in [1.165, 1.54) is 0 Å². The third-order valence-corrected chi connectivity index (χ3v) is 3.09. The fourth-order valence-corrected chi connectivity index (χ4v) is 2.06. The first-order valence-electron chi connectivity index (χ1n) is 7.30. The van der Waals surface area contributed by atoms with Gasteiger partial charge in [0.25, 0.3) is 0 Å². The third-order valence-electron chi connectivity index (χ3n) is 3.09. The Hall–Kier alpha value is -2.07. The van der Waals surface area contributed by atoms with Crippen LogP contribution in [0.4, 0.5) is 0 Å². The monoisotopic (exact) mass is 286 g/mol. The topological polar surface area (TPSA) is 57.4 Å². The molecule has 4 heteroatoms. The lowest BCUT2D eigenvalue weighted by Crippen LogP contribution is -2.12. The molecule has 1 heterocycles. The SMILES string of the molecule is CCCOc1cccc(C(N)c2cncc(OCC)c2)c1. The molecule has 0 spiro atoms. The number of nitrogens with two attached hydrogens (primary N) is 1. The minimum absolute atomic E-state index is 0.247. The summed E-state index contributed by atoms with van der Waals surface area (Å²) in [4.78, 5) is 4.19. The second kappa shape index (κ2) is 7.64. The van der Waals surface area contributed by atoms with Gasteiger partial charge < -0.3 is 15.2 Å². The molecule has 0 bridgehead atoms. The highest BCUT2D eigenvalue weighted by Crippen LogP contribution is 2.25. The maximum absolute atomic E-state index is 6.33. The van der Waals surface area contributed by atoms with Crippen molar-refractivity contribution in [3.63, 3.8) is 0 Å². The van der Waals surface area contributed by atoms with Gasteiger partial charge in [-0.25, -0.2) is 0 Å². The van der Waals surface area contributed by atoms with Gasteiger partial charge in [0.15, 0.2) is 0 Å². The maximum atomic E-state index is 6.33. The number of pyridine rings is 1. The van der Waals surface area contributed by atoms with Gasteiger partial charge >= 0.3 is 0 Å². The van der Waals surface area contributed by atoms with Gasteiger partial charge in [0, 0.05) is 6.20 Å². The van der Waals surface area contributed by atoms with Crippen LogP contribution in [0.3, 0.4) is 0 Å². The van der Waals surface area contributed by atoms with Gasteiger partial charge in [-0.15, -0.1) is 0 Å². The van der Waals surface area contributed by atoms with Crippen molar-refractivity contribution in [2.75, 3.05) is 13.2 Å². The number of rotatable bonds is 7. The fraction of sp³-hybridized carbons (Fsp3) is 0.353. The van der Waals surface area contributed by atoms with Gasteiger partial charge in [0.05, 0.1) is 25.5 Å². The van der Waals surface area contributed by atoms with E-state index in [1.807, 2.05) is 37.3 Å². The highest BCUT2D eigenvalue weighted by molar-refractivity contribution is 5.37. The van der Waals surface area contributed by atoms with E-state index >= 15 is 0 Å². The van der Waals surface area contributed by atoms with Crippen LogP contribution in [0.15, 0.2) is 42.7 Å². The molecule has 0 saturated heterocycles. The summed E-state index contributed by atoms with van der Waals surface area (Å²) >= 11 is 0. The lowest BCUT2D eigenvalue weighted by atomic mass is 10.0. The minimum Gasteiger partial charge on any atom is -0.494 e. The van der Waals surface area contributed by atoms with Crippen LogP contribution in [-0.2, 0) is 0 Å². The number of hydrogen-bond acceptors (Lipinski definition) is 4. The first-order chi connectivity index (χ1) is 10.2. The first kappa shape index (κ1) is 15.3. The van der Waals surface area contributed by atoms with Crippen molar-refractivity contribution in [2.45, 2.75) is 26.3 Å². The van der Waals surface area contributed by atoms with Crippen LogP contribution in [-0.4, -0.2) is 18.2 Å². The van der Waals surface area contributed by atoms with Gasteiger partial charge in [-0.2, -0.15) is 0 Å². The minimum atomic E-state index is -0.247. The van der Waals surface area contributed by atoms with E-state index in [1.54, 1.807) is 12.4 Å². The van der Waals surface area contributed by atoms with Crippen LogP contribution < -0.4 is 15.2 Å². The molecule has 0 aliphatic carbocycles. The molecule has 0 aliphatic rings. The van der Waals surface area contributed by atoms with Gasteiger partial charge in [-0.1, -0.05) is 19.1 Å². The molecule has 112 valence electrons. The van der Waals surface area contributed by atoms with Crippen LogP contribution in [0.2, 0.25) is 0 Å². The zero-order valence-corrected chi connectivity index (χ0v) is 12.6. The third kappa shape index (κ3) is 4.20. The molecule has 2 N–H and O–H groups in total. The van der Waals surface area contributed by atoms with Gasteiger partial charge in [0.2, 0.25) is 0 Å². The summed E-state index contributed by atoms with van der Waals surface area (Å²) < 4.78 is 11.1. The van der Waals surface area contributed by atoms with E-state index in [0.717, 1.165) is 29.0 Å². The fourth-order valence-electron chi connectivity index (χ4n) is 2.06. The number of hydrogen-bond donors (Lipinski definition) is 1. The molecular formula is C17H22N2O2. The number of nitrogens with zero attached hydrogens (tertiary/aromatic N) is 1. The van der Waals surface area contributed by atoms with Crippen molar-refractivity contribution < 1.29 is 9.47 Å². The van der Waals surface area contributed by atoms with Crippen LogP contribution in [0, 0.1) is 0 Å². The summed E-state index contributed by atoms with van der Waals surface area (Å²) in [6.07, 6.45) is 4.45. The molecule has 0 fully saturated rings. The van der Waals surface area contributed by atoms with Crippen LogP contribution >= 0.6 is 0 Å². The highest BCUT2D eigenvalue weighted by atomic mass is 16.5. The number of benzene rings is 1. The Kier molecular flexibility index (Phi) is 5.58.